The standard InChI is InChI=1S/C11H20N2O2/c1-3-12(2)11(14)15-10-8-13-6-4-9(10)5-7-13/h9-10H,3-8H2,1-2H3/t10-/m0/s1. The van der Waals surface area contributed by atoms with Crippen LogP contribution in [0.25, 0.3) is 0 Å². The third-order valence-electron chi connectivity index (χ3n) is 3.63. The van der Waals surface area contributed by atoms with Gasteiger partial charge in [0.25, 0.3) is 0 Å². The highest BCUT2D eigenvalue weighted by atomic mass is 16.6. The van der Waals surface area contributed by atoms with E-state index >= 15 is 0 Å². The Morgan fingerprint density at radius 3 is 2.60 bits per heavy atom. The molecule has 0 aromatic heterocycles. The van der Waals surface area contributed by atoms with Crippen molar-refractivity contribution in [3.63, 3.8) is 0 Å². The fourth-order valence-electron chi connectivity index (χ4n) is 2.39. The highest BCUT2D eigenvalue weighted by Crippen LogP contribution is 2.29. The van der Waals surface area contributed by atoms with Crippen molar-refractivity contribution in [2.75, 3.05) is 33.2 Å². The van der Waals surface area contributed by atoms with Gasteiger partial charge in [-0.3, -0.25) is 4.90 Å². The number of piperidine rings is 3. The van der Waals surface area contributed by atoms with Gasteiger partial charge in [0.15, 0.2) is 0 Å². The first-order valence-corrected chi connectivity index (χ1v) is 5.84. The molecule has 15 heavy (non-hydrogen) atoms. The van der Waals surface area contributed by atoms with Crippen LogP contribution in [0.5, 0.6) is 0 Å². The summed E-state index contributed by atoms with van der Waals surface area (Å²) in [7, 11) is 1.78. The Labute approximate surface area is 91.2 Å². The third-order valence-corrected chi connectivity index (χ3v) is 3.63. The molecule has 4 heteroatoms. The smallest absolute Gasteiger partial charge is 0.409 e. The topological polar surface area (TPSA) is 32.8 Å². The van der Waals surface area contributed by atoms with Gasteiger partial charge in [-0.25, -0.2) is 4.79 Å². The number of ether oxygens (including phenoxy) is 1. The van der Waals surface area contributed by atoms with Crippen molar-refractivity contribution in [2.24, 2.45) is 5.92 Å². The van der Waals surface area contributed by atoms with E-state index in [0.717, 1.165) is 6.54 Å². The van der Waals surface area contributed by atoms with Crippen molar-refractivity contribution in [3.05, 3.63) is 0 Å². The molecule has 0 unspecified atom stereocenters. The van der Waals surface area contributed by atoms with Gasteiger partial charge in [0.2, 0.25) is 0 Å². The SMILES string of the molecule is CCN(C)C(=O)O[C@H]1CN2CCC1CC2. The van der Waals surface area contributed by atoms with E-state index in [1.165, 1.54) is 25.9 Å². The third kappa shape index (κ3) is 2.25. The second-order valence-electron chi connectivity index (χ2n) is 4.57. The van der Waals surface area contributed by atoms with Gasteiger partial charge < -0.3 is 9.64 Å². The highest BCUT2D eigenvalue weighted by Gasteiger charge is 2.36. The highest BCUT2D eigenvalue weighted by molar-refractivity contribution is 5.67. The van der Waals surface area contributed by atoms with Gasteiger partial charge in [0.1, 0.15) is 6.10 Å². The molecule has 86 valence electrons. The summed E-state index contributed by atoms with van der Waals surface area (Å²) in [5.41, 5.74) is 0. The van der Waals surface area contributed by atoms with Gasteiger partial charge in [0, 0.05) is 20.1 Å². The van der Waals surface area contributed by atoms with Crippen LogP contribution in [0, 0.1) is 5.92 Å². The Morgan fingerprint density at radius 2 is 2.13 bits per heavy atom. The van der Waals surface area contributed by atoms with Crippen molar-refractivity contribution in [1.82, 2.24) is 9.80 Å². The van der Waals surface area contributed by atoms with Crippen LogP contribution in [0.15, 0.2) is 0 Å². The van der Waals surface area contributed by atoms with Crippen LogP contribution in [0.3, 0.4) is 0 Å². The van der Waals surface area contributed by atoms with Crippen LogP contribution in [-0.2, 0) is 4.74 Å². The first-order valence-electron chi connectivity index (χ1n) is 5.84. The van der Waals surface area contributed by atoms with Crippen molar-refractivity contribution in [1.29, 1.82) is 0 Å². The van der Waals surface area contributed by atoms with Gasteiger partial charge in [-0.05, 0) is 38.8 Å². The number of hydrogen-bond acceptors (Lipinski definition) is 3. The fourth-order valence-corrected chi connectivity index (χ4v) is 2.39. The van der Waals surface area contributed by atoms with Gasteiger partial charge in [-0.1, -0.05) is 0 Å². The minimum Gasteiger partial charge on any atom is -0.444 e. The van der Waals surface area contributed by atoms with Gasteiger partial charge in [-0.2, -0.15) is 0 Å². The Kier molecular flexibility index (Phi) is 3.14. The van der Waals surface area contributed by atoms with E-state index in [9.17, 15) is 4.79 Å². The first-order chi connectivity index (χ1) is 7.20. The lowest BCUT2D eigenvalue weighted by Gasteiger charge is -2.44. The molecule has 3 rings (SSSR count). The van der Waals surface area contributed by atoms with Crippen molar-refractivity contribution in [2.45, 2.75) is 25.9 Å². The monoisotopic (exact) mass is 212 g/mol. The number of amides is 1. The van der Waals surface area contributed by atoms with E-state index in [1.807, 2.05) is 6.92 Å². The lowest BCUT2D eigenvalue weighted by molar-refractivity contribution is -0.0415. The number of fused-ring (bicyclic) bond motifs is 3. The minimum atomic E-state index is -0.170. The van der Waals surface area contributed by atoms with E-state index in [0.29, 0.717) is 12.5 Å². The molecule has 1 amide bonds. The van der Waals surface area contributed by atoms with E-state index in [1.54, 1.807) is 11.9 Å². The molecule has 0 saturated carbocycles. The predicted molar refractivity (Wildman–Crippen MR) is 57.7 cm³/mol. The van der Waals surface area contributed by atoms with Crippen LogP contribution in [0.2, 0.25) is 0 Å². The van der Waals surface area contributed by atoms with Crippen LogP contribution >= 0.6 is 0 Å². The van der Waals surface area contributed by atoms with Crippen molar-refractivity contribution >= 4 is 6.09 Å². The van der Waals surface area contributed by atoms with Gasteiger partial charge >= 0.3 is 6.09 Å². The minimum absolute atomic E-state index is 0.133. The Morgan fingerprint density at radius 1 is 1.47 bits per heavy atom. The van der Waals surface area contributed by atoms with Gasteiger partial charge in [0.05, 0.1) is 0 Å². The normalized spacial score (nSPS) is 33.9. The summed E-state index contributed by atoms with van der Waals surface area (Å²) in [4.78, 5) is 15.6. The number of nitrogens with zero attached hydrogens (tertiary/aromatic N) is 2. The molecule has 0 N–H and O–H groups in total. The number of carbonyl (C=O) groups excluding carboxylic acids is 1. The maximum Gasteiger partial charge on any atom is 0.409 e. The summed E-state index contributed by atoms with van der Waals surface area (Å²) in [6.07, 6.45) is 2.34. The number of rotatable bonds is 2. The fraction of sp³-hybridized carbons (Fsp3) is 0.909. The molecule has 0 spiro atoms. The molecule has 4 nitrogen and oxygen atoms in total. The molecule has 0 aromatic rings. The average Bonchev–Trinajstić information content (AvgIpc) is 2.29. The number of carbonyl (C=O) groups is 1. The van der Waals surface area contributed by atoms with E-state index in [2.05, 4.69) is 4.90 Å². The summed E-state index contributed by atoms with van der Waals surface area (Å²) in [5, 5.41) is 0. The summed E-state index contributed by atoms with van der Waals surface area (Å²) in [5.74, 6) is 0.601. The molecule has 3 saturated heterocycles. The zero-order valence-electron chi connectivity index (χ0n) is 9.61. The Hall–Kier alpha value is -0.770. The predicted octanol–water partition coefficient (Wildman–Crippen LogP) is 1.17. The maximum absolute atomic E-state index is 11.6. The molecule has 2 bridgehead atoms. The molecule has 1 atom stereocenters. The molecule has 0 aromatic carbocycles. The lowest BCUT2D eigenvalue weighted by atomic mass is 9.86. The van der Waals surface area contributed by atoms with E-state index in [-0.39, 0.29) is 12.2 Å². The number of hydrogen-bond donors (Lipinski definition) is 0. The van der Waals surface area contributed by atoms with Crippen LogP contribution in [0.4, 0.5) is 4.79 Å². The first kappa shape index (κ1) is 10.7. The quantitative estimate of drug-likeness (QED) is 0.689. The Bertz CT molecular complexity index is 237. The zero-order chi connectivity index (χ0) is 10.8. The summed E-state index contributed by atoms with van der Waals surface area (Å²) in [6.45, 7) is 5.97. The largest absolute Gasteiger partial charge is 0.444 e. The molecule has 3 heterocycles. The van der Waals surface area contributed by atoms with Crippen LogP contribution < -0.4 is 0 Å². The second kappa shape index (κ2) is 4.39. The summed E-state index contributed by atoms with van der Waals surface area (Å²) >= 11 is 0. The average molecular weight is 212 g/mol. The molecule has 0 aliphatic carbocycles. The summed E-state index contributed by atoms with van der Waals surface area (Å²) in [6, 6.07) is 0. The summed E-state index contributed by atoms with van der Waals surface area (Å²) < 4.78 is 5.52. The van der Waals surface area contributed by atoms with Gasteiger partial charge in [-0.15, -0.1) is 0 Å². The lowest BCUT2D eigenvalue weighted by Crippen LogP contribution is -2.52. The van der Waals surface area contributed by atoms with Crippen molar-refractivity contribution < 1.29 is 9.53 Å². The molecular formula is C11H20N2O2. The molecular weight excluding hydrogens is 192 g/mol. The second-order valence-corrected chi connectivity index (χ2v) is 4.57. The Balaban J connectivity index is 1.87. The molecule has 0 radical (unpaired) electrons. The van der Waals surface area contributed by atoms with Crippen LogP contribution in [-0.4, -0.2) is 55.2 Å². The van der Waals surface area contributed by atoms with Crippen LogP contribution in [0.1, 0.15) is 19.8 Å². The maximum atomic E-state index is 11.6. The zero-order valence-corrected chi connectivity index (χ0v) is 9.61. The molecule has 3 fully saturated rings. The van der Waals surface area contributed by atoms with E-state index < -0.39 is 0 Å². The molecule has 3 aliphatic heterocycles. The molecule has 3 aliphatic rings. The van der Waals surface area contributed by atoms with E-state index in [4.69, 9.17) is 4.74 Å². The van der Waals surface area contributed by atoms with Crippen molar-refractivity contribution in [3.8, 4) is 0 Å².